The molecule has 9 heteroatoms. The van der Waals surface area contributed by atoms with Crippen LogP contribution in [0.2, 0.25) is 5.02 Å². The van der Waals surface area contributed by atoms with E-state index in [1.807, 2.05) is 36.1 Å². The second-order valence-electron chi connectivity index (χ2n) is 5.99. The van der Waals surface area contributed by atoms with Crippen LogP contribution in [-0.4, -0.2) is 61.1 Å². The van der Waals surface area contributed by atoms with Gasteiger partial charge in [-0.25, -0.2) is 10.0 Å². The zero-order valence-corrected chi connectivity index (χ0v) is 16.5. The van der Waals surface area contributed by atoms with Crippen LogP contribution in [0.15, 0.2) is 24.3 Å². The average Bonchev–Trinajstić information content (AvgIpc) is 2.56. The highest BCUT2D eigenvalue weighted by atomic mass is 35.5. The van der Waals surface area contributed by atoms with Crippen LogP contribution >= 0.6 is 35.5 Å². The van der Waals surface area contributed by atoms with Gasteiger partial charge in [0.05, 0.1) is 0 Å². The van der Waals surface area contributed by atoms with Crippen molar-refractivity contribution in [2.24, 2.45) is 0 Å². The maximum atomic E-state index is 12.5. The fraction of sp³-hybridized carbons (Fsp3) is 0.438. The van der Waals surface area contributed by atoms with Crippen molar-refractivity contribution in [1.82, 2.24) is 14.9 Å². The maximum Gasteiger partial charge on any atom is 0.266 e. The Bertz CT molecular complexity index is 819. The van der Waals surface area contributed by atoms with Crippen molar-refractivity contribution in [1.29, 1.82) is 0 Å². The van der Waals surface area contributed by atoms with Gasteiger partial charge in [-0.3, -0.25) is 4.79 Å². The fourth-order valence-corrected chi connectivity index (χ4v) is 3.94. The molecule has 1 aromatic heterocycles. The molecule has 2 aromatic rings. The molecule has 1 fully saturated rings. The summed E-state index contributed by atoms with van der Waals surface area (Å²) in [5.74, 6) is -0.0170. The number of aromatic nitrogens is 1. The second kappa shape index (κ2) is 8.42. The van der Waals surface area contributed by atoms with Gasteiger partial charge in [0.25, 0.3) is 5.69 Å². The molecule has 2 heterocycles. The molecular weight excluding hydrogens is 383 g/mol. The molecule has 0 radical (unpaired) electrons. The maximum absolute atomic E-state index is 12.5. The normalized spacial score (nSPS) is 15.4. The number of hydrazine groups is 1. The largest absolute Gasteiger partial charge is 0.340 e. The highest BCUT2D eigenvalue weighted by molar-refractivity contribution is 7.09. The van der Waals surface area contributed by atoms with Crippen LogP contribution in [0.5, 0.6) is 0 Å². The van der Waals surface area contributed by atoms with E-state index in [4.69, 9.17) is 11.6 Å². The van der Waals surface area contributed by atoms with Gasteiger partial charge in [-0.1, -0.05) is 17.7 Å². The Hall–Kier alpha value is -1.25. The second-order valence-corrected chi connectivity index (χ2v) is 7.36. The number of carbonyl (C=O) groups excluding carboxylic acids is 1. The molecule has 1 aliphatic rings. The van der Waals surface area contributed by atoms with E-state index < -0.39 is 0 Å². The summed E-state index contributed by atoms with van der Waals surface area (Å²) in [4.78, 5) is 26.6. The molecule has 0 saturated carbocycles. The molecule has 0 N–H and O–H groups in total. The Kier molecular flexibility index (Phi) is 6.76. The summed E-state index contributed by atoms with van der Waals surface area (Å²) in [5.41, 5.74) is 0.445. The zero-order chi connectivity index (χ0) is 17.3. The van der Waals surface area contributed by atoms with Crippen molar-refractivity contribution in [2.75, 3.05) is 40.3 Å². The lowest BCUT2D eigenvalue weighted by Gasteiger charge is -2.37. The first-order valence-corrected chi connectivity index (χ1v) is 8.95. The molecule has 0 atom stereocenters. The molecule has 25 heavy (non-hydrogen) atoms. The van der Waals surface area contributed by atoms with E-state index in [9.17, 15) is 9.70 Å². The number of fused-ring (bicyclic) bond motifs is 1. The van der Waals surface area contributed by atoms with E-state index in [0.717, 1.165) is 38.5 Å². The van der Waals surface area contributed by atoms with E-state index in [0.29, 0.717) is 23.8 Å². The molecule has 0 spiro atoms. The molecule has 3 rings (SSSR count). The summed E-state index contributed by atoms with van der Waals surface area (Å²) in [6.07, 6.45) is 0.100. The van der Waals surface area contributed by atoms with Gasteiger partial charge in [-0.15, -0.1) is 12.4 Å². The van der Waals surface area contributed by atoms with Crippen molar-refractivity contribution in [3.05, 3.63) is 39.9 Å². The predicted octanol–water partition coefficient (Wildman–Crippen LogP) is 2.05. The summed E-state index contributed by atoms with van der Waals surface area (Å²) in [5, 5.41) is 5.64. The molecule has 0 aliphatic carbocycles. The molecule has 1 aliphatic heterocycles. The number of benzene rings is 1. The fourth-order valence-electron chi connectivity index (χ4n) is 2.83. The van der Waals surface area contributed by atoms with E-state index in [1.54, 1.807) is 12.1 Å². The quantitative estimate of drug-likeness (QED) is 0.735. The molecule has 1 aromatic carbocycles. The van der Waals surface area contributed by atoms with Crippen molar-refractivity contribution in [3.8, 4) is 0 Å². The Morgan fingerprint density at radius 1 is 1.28 bits per heavy atom. The molecule has 1 saturated heterocycles. The zero-order valence-electron chi connectivity index (χ0n) is 14.1. The topological polar surface area (TPSA) is 49.8 Å². The van der Waals surface area contributed by atoms with Crippen molar-refractivity contribution in [2.45, 2.75) is 6.42 Å². The number of hydrogen-bond donors (Lipinski definition) is 0. The first-order chi connectivity index (χ1) is 11.5. The summed E-state index contributed by atoms with van der Waals surface area (Å²) in [7, 11) is 4.00. The third-order valence-corrected chi connectivity index (χ3v) is 5.53. The van der Waals surface area contributed by atoms with E-state index >= 15 is 0 Å². The lowest BCUT2D eigenvalue weighted by atomic mass is 10.2. The van der Waals surface area contributed by atoms with Crippen LogP contribution in [0.1, 0.15) is 5.69 Å². The standard InChI is InChI=1S/C16H20ClN4O2S.ClH/c1-18(2)20-8-6-19(7-9-20)16(22)11-12-10-13-14(17)4-3-5-15(13)24-21(12)23;/h3-5,10H,6-9,11H2,1-2H3;1H/q+1;. The summed E-state index contributed by atoms with van der Waals surface area (Å²) < 4.78 is 1.63. The average molecular weight is 404 g/mol. The minimum atomic E-state index is -0.0170. The van der Waals surface area contributed by atoms with Crippen molar-refractivity contribution < 1.29 is 8.61 Å². The number of rotatable bonds is 3. The summed E-state index contributed by atoms with van der Waals surface area (Å²) >= 11 is 7.27. The number of amides is 1. The van der Waals surface area contributed by atoms with Crippen LogP contribution in [-0.2, 0) is 11.2 Å². The minimum absolute atomic E-state index is 0. The molecule has 136 valence electrons. The van der Waals surface area contributed by atoms with Crippen LogP contribution in [0.4, 0.5) is 0 Å². The highest BCUT2D eigenvalue weighted by Gasteiger charge is 2.25. The molecular formula is C16H21Cl2N4O2S+. The van der Waals surface area contributed by atoms with E-state index in [-0.39, 0.29) is 24.7 Å². The van der Waals surface area contributed by atoms with Gasteiger partial charge in [0.15, 0.2) is 0 Å². The monoisotopic (exact) mass is 403 g/mol. The van der Waals surface area contributed by atoms with Gasteiger partial charge < -0.3 is 4.90 Å². The number of halogens is 2. The molecule has 1 amide bonds. The van der Waals surface area contributed by atoms with Crippen LogP contribution < -0.4 is 3.82 Å². The van der Waals surface area contributed by atoms with Gasteiger partial charge >= 0.3 is 0 Å². The van der Waals surface area contributed by atoms with Gasteiger partial charge in [0.2, 0.25) is 17.4 Å². The van der Waals surface area contributed by atoms with Gasteiger partial charge in [0.1, 0.15) is 14.9 Å². The minimum Gasteiger partial charge on any atom is -0.340 e. The Morgan fingerprint density at radius 2 is 1.96 bits per heavy atom. The third kappa shape index (κ3) is 4.48. The molecule has 0 bridgehead atoms. The van der Waals surface area contributed by atoms with Gasteiger partial charge in [0, 0.05) is 61.7 Å². The predicted molar refractivity (Wildman–Crippen MR) is 103 cm³/mol. The first kappa shape index (κ1) is 20.1. The van der Waals surface area contributed by atoms with Crippen LogP contribution in [0, 0.1) is 4.91 Å². The smallest absolute Gasteiger partial charge is 0.266 e. The van der Waals surface area contributed by atoms with Crippen LogP contribution in [0.3, 0.4) is 0 Å². The SMILES string of the molecule is CN(C)N1CCN(C(=O)Cc2cc3c(Cl)cccc3s[n+]2=O)CC1.Cl. The lowest BCUT2D eigenvalue weighted by molar-refractivity contribution is -0.425. The summed E-state index contributed by atoms with van der Waals surface area (Å²) in [6, 6.07) is 7.19. The number of nitrogens with zero attached hydrogens (tertiary/aromatic N) is 4. The van der Waals surface area contributed by atoms with Gasteiger partial charge in [-0.05, 0) is 12.1 Å². The van der Waals surface area contributed by atoms with Crippen LogP contribution in [0.25, 0.3) is 10.1 Å². The third-order valence-electron chi connectivity index (χ3n) is 4.25. The van der Waals surface area contributed by atoms with Crippen molar-refractivity contribution >= 4 is 51.5 Å². The molecule has 0 unspecified atom stereocenters. The first-order valence-electron chi connectivity index (χ1n) is 7.80. The Labute approximate surface area is 161 Å². The lowest BCUT2D eigenvalue weighted by Crippen LogP contribution is -2.53. The number of piperazine rings is 1. The van der Waals surface area contributed by atoms with Crippen molar-refractivity contribution in [3.63, 3.8) is 0 Å². The molecule has 6 nitrogen and oxygen atoms in total. The Morgan fingerprint density at radius 3 is 2.60 bits per heavy atom. The Balaban J connectivity index is 0.00000225. The van der Waals surface area contributed by atoms with Gasteiger partial charge in [-0.2, -0.15) is 0 Å². The number of carbonyl (C=O) groups is 1. The summed E-state index contributed by atoms with van der Waals surface area (Å²) in [6.45, 7) is 2.96. The van der Waals surface area contributed by atoms with E-state index in [2.05, 4.69) is 5.01 Å². The number of hydrogen-bond acceptors (Lipinski definition) is 5. The van der Waals surface area contributed by atoms with E-state index in [1.165, 1.54) is 0 Å². The highest BCUT2D eigenvalue weighted by Crippen LogP contribution is 2.25.